The molecule has 0 amide bonds. The molecule has 0 spiro atoms. The average Bonchev–Trinajstić information content (AvgIpc) is 2.86. The minimum Gasteiger partial charge on any atom is -0.254 e. The van der Waals surface area contributed by atoms with Gasteiger partial charge in [-0.2, -0.15) is 5.10 Å². The maximum Gasteiger partial charge on any atom is 0.183 e. The largest absolute Gasteiger partial charge is 0.254 e. The van der Waals surface area contributed by atoms with Crippen molar-refractivity contribution in [3.8, 4) is 0 Å². The Balaban J connectivity index is 1.92. The Morgan fingerprint density at radius 3 is 3.14 bits per heavy atom. The maximum atomic E-state index is 4.46. The molecule has 0 saturated carbocycles. The highest BCUT2D eigenvalue weighted by Gasteiger charge is 2.02. The van der Waals surface area contributed by atoms with Gasteiger partial charge in [0.1, 0.15) is 6.33 Å². The van der Waals surface area contributed by atoms with Gasteiger partial charge in [-0.1, -0.05) is 18.7 Å². The van der Waals surface area contributed by atoms with Crippen molar-refractivity contribution in [2.24, 2.45) is 0 Å². The molecule has 0 aliphatic heterocycles. The highest BCUT2D eigenvalue weighted by Crippen LogP contribution is 2.19. The van der Waals surface area contributed by atoms with Gasteiger partial charge in [0, 0.05) is 11.1 Å². The second-order valence-electron chi connectivity index (χ2n) is 2.67. The predicted octanol–water partition coefficient (Wildman–Crippen LogP) is 2.12. The van der Waals surface area contributed by atoms with E-state index in [9.17, 15) is 0 Å². The summed E-state index contributed by atoms with van der Waals surface area (Å²) in [7, 11) is 0. The number of aromatic amines is 1. The molecular weight excluding hydrogens is 216 g/mol. The number of rotatable bonds is 4. The third kappa shape index (κ3) is 2.33. The number of nitrogens with one attached hydrogen (secondary N) is 1. The second kappa shape index (κ2) is 4.56. The van der Waals surface area contributed by atoms with Gasteiger partial charge in [0.05, 0.1) is 10.7 Å². The minimum absolute atomic E-state index is 0.844. The molecule has 0 fully saturated rings. The highest BCUT2D eigenvalue weighted by molar-refractivity contribution is 7.98. The van der Waals surface area contributed by atoms with Crippen molar-refractivity contribution in [2.75, 3.05) is 0 Å². The second-order valence-corrected chi connectivity index (χ2v) is 4.57. The SMILES string of the molecule is CCc1nc(CSc2ncn[nH]2)cs1. The van der Waals surface area contributed by atoms with Crippen molar-refractivity contribution < 1.29 is 0 Å². The molecule has 1 N–H and O–H groups in total. The van der Waals surface area contributed by atoms with Crippen LogP contribution in [-0.4, -0.2) is 20.2 Å². The Hall–Kier alpha value is -0.880. The fourth-order valence-electron chi connectivity index (χ4n) is 0.984. The molecule has 2 rings (SSSR count). The van der Waals surface area contributed by atoms with Gasteiger partial charge in [-0.15, -0.1) is 11.3 Å². The molecule has 4 nitrogen and oxygen atoms in total. The van der Waals surface area contributed by atoms with E-state index in [1.165, 1.54) is 11.3 Å². The van der Waals surface area contributed by atoms with Crippen molar-refractivity contribution in [2.45, 2.75) is 24.3 Å². The molecule has 0 atom stereocenters. The number of nitrogens with zero attached hydrogens (tertiary/aromatic N) is 3. The fraction of sp³-hybridized carbons (Fsp3) is 0.375. The highest BCUT2D eigenvalue weighted by atomic mass is 32.2. The zero-order valence-corrected chi connectivity index (χ0v) is 9.36. The van der Waals surface area contributed by atoms with Gasteiger partial charge in [0.2, 0.25) is 0 Å². The lowest BCUT2D eigenvalue weighted by Crippen LogP contribution is -1.84. The molecule has 2 heterocycles. The van der Waals surface area contributed by atoms with E-state index < -0.39 is 0 Å². The first-order valence-electron chi connectivity index (χ1n) is 4.30. The Morgan fingerprint density at radius 2 is 2.50 bits per heavy atom. The number of hydrogen-bond acceptors (Lipinski definition) is 5. The summed E-state index contributed by atoms with van der Waals surface area (Å²) in [6, 6.07) is 0. The van der Waals surface area contributed by atoms with Crippen LogP contribution in [0.3, 0.4) is 0 Å². The Bertz CT molecular complexity index is 382. The molecule has 0 aliphatic carbocycles. The number of hydrogen-bond donors (Lipinski definition) is 1. The quantitative estimate of drug-likeness (QED) is 0.811. The van der Waals surface area contributed by atoms with E-state index in [2.05, 4.69) is 32.5 Å². The third-order valence-corrected chi connectivity index (χ3v) is 3.60. The van der Waals surface area contributed by atoms with Crippen LogP contribution < -0.4 is 0 Å². The average molecular weight is 226 g/mol. The lowest BCUT2D eigenvalue weighted by atomic mass is 10.5. The normalized spacial score (nSPS) is 10.6. The van der Waals surface area contributed by atoms with Crippen molar-refractivity contribution in [3.05, 3.63) is 22.4 Å². The summed E-state index contributed by atoms with van der Waals surface area (Å²) in [6.45, 7) is 2.12. The topological polar surface area (TPSA) is 54.5 Å². The number of thioether (sulfide) groups is 1. The molecular formula is C8H10N4S2. The number of aromatic nitrogens is 4. The lowest BCUT2D eigenvalue weighted by molar-refractivity contribution is 0.970. The monoisotopic (exact) mass is 226 g/mol. The smallest absolute Gasteiger partial charge is 0.183 e. The first kappa shape index (κ1) is 9.67. The van der Waals surface area contributed by atoms with E-state index in [-0.39, 0.29) is 0 Å². The molecule has 74 valence electrons. The van der Waals surface area contributed by atoms with Crippen LogP contribution in [0.15, 0.2) is 16.9 Å². The Morgan fingerprint density at radius 1 is 1.57 bits per heavy atom. The van der Waals surface area contributed by atoms with E-state index in [0.717, 1.165) is 23.0 Å². The van der Waals surface area contributed by atoms with Crippen LogP contribution >= 0.6 is 23.1 Å². The molecule has 14 heavy (non-hydrogen) atoms. The summed E-state index contributed by atoms with van der Waals surface area (Å²) in [6.07, 6.45) is 2.53. The van der Waals surface area contributed by atoms with Gasteiger partial charge in [0.15, 0.2) is 5.16 Å². The Kier molecular flexibility index (Phi) is 3.15. The summed E-state index contributed by atoms with van der Waals surface area (Å²) < 4.78 is 0. The first-order chi connectivity index (χ1) is 6.88. The van der Waals surface area contributed by atoms with Gasteiger partial charge in [0.25, 0.3) is 0 Å². The first-order valence-corrected chi connectivity index (χ1v) is 6.16. The zero-order valence-electron chi connectivity index (χ0n) is 7.73. The number of H-pyrrole nitrogens is 1. The summed E-state index contributed by atoms with van der Waals surface area (Å²) in [4.78, 5) is 8.49. The van der Waals surface area contributed by atoms with Crippen LogP contribution in [0.1, 0.15) is 17.6 Å². The maximum absolute atomic E-state index is 4.46. The van der Waals surface area contributed by atoms with Crippen LogP contribution in [0.5, 0.6) is 0 Å². The van der Waals surface area contributed by atoms with Crippen molar-refractivity contribution in [1.29, 1.82) is 0 Å². The molecule has 2 aromatic heterocycles. The Labute approximate surface area is 90.2 Å². The molecule has 0 aromatic carbocycles. The zero-order chi connectivity index (χ0) is 9.80. The summed E-state index contributed by atoms with van der Waals surface area (Å²) >= 11 is 3.34. The van der Waals surface area contributed by atoms with Crippen LogP contribution in [0, 0.1) is 0 Å². The summed E-state index contributed by atoms with van der Waals surface area (Å²) in [5.74, 6) is 0.853. The standard InChI is InChI=1S/C8H10N4S2/c1-2-7-11-6(3-13-7)4-14-8-9-5-10-12-8/h3,5H,2,4H2,1H3,(H,9,10,12). The third-order valence-electron chi connectivity index (χ3n) is 1.65. The molecule has 0 saturated heterocycles. The number of aryl methyl sites for hydroxylation is 1. The molecule has 0 unspecified atom stereocenters. The van der Waals surface area contributed by atoms with Crippen LogP contribution in [0.4, 0.5) is 0 Å². The van der Waals surface area contributed by atoms with Gasteiger partial charge in [-0.3, -0.25) is 5.10 Å². The van der Waals surface area contributed by atoms with Crippen LogP contribution in [-0.2, 0) is 12.2 Å². The van der Waals surface area contributed by atoms with E-state index in [4.69, 9.17) is 0 Å². The van der Waals surface area contributed by atoms with E-state index in [1.54, 1.807) is 23.1 Å². The molecule has 0 aliphatic rings. The van der Waals surface area contributed by atoms with Crippen LogP contribution in [0.2, 0.25) is 0 Å². The van der Waals surface area contributed by atoms with E-state index in [0.29, 0.717) is 0 Å². The molecule has 0 bridgehead atoms. The molecule has 6 heteroatoms. The number of thiazole rings is 1. The van der Waals surface area contributed by atoms with Gasteiger partial charge < -0.3 is 0 Å². The van der Waals surface area contributed by atoms with Gasteiger partial charge in [-0.05, 0) is 6.42 Å². The summed E-state index contributed by atoms with van der Waals surface area (Å²) in [5.41, 5.74) is 1.12. The predicted molar refractivity (Wildman–Crippen MR) is 57.4 cm³/mol. The van der Waals surface area contributed by atoms with Crippen molar-refractivity contribution in [3.63, 3.8) is 0 Å². The fourth-order valence-corrected chi connectivity index (χ4v) is 2.51. The van der Waals surface area contributed by atoms with E-state index in [1.807, 2.05) is 0 Å². The van der Waals surface area contributed by atoms with E-state index >= 15 is 0 Å². The van der Waals surface area contributed by atoms with Gasteiger partial charge >= 0.3 is 0 Å². The summed E-state index contributed by atoms with van der Waals surface area (Å²) in [5, 5.41) is 10.7. The molecule has 0 radical (unpaired) electrons. The molecule has 2 aromatic rings. The lowest BCUT2D eigenvalue weighted by Gasteiger charge is -1.92. The van der Waals surface area contributed by atoms with Gasteiger partial charge in [-0.25, -0.2) is 9.97 Å². The van der Waals surface area contributed by atoms with Crippen molar-refractivity contribution in [1.82, 2.24) is 20.2 Å². The minimum atomic E-state index is 0.844. The van der Waals surface area contributed by atoms with Crippen molar-refractivity contribution >= 4 is 23.1 Å². The van der Waals surface area contributed by atoms with Crippen LogP contribution in [0.25, 0.3) is 0 Å².